The molecule has 0 unspecified atom stereocenters. The van der Waals surface area contributed by atoms with Crippen molar-refractivity contribution in [2.24, 2.45) is 0 Å². The average molecular weight is 402 g/mol. The van der Waals surface area contributed by atoms with Gasteiger partial charge in [0.1, 0.15) is 18.1 Å². The SMILES string of the molecule is CCn1ncc(Cl)c1CN(C)C(=O)c1ccc(COc2c(C)cccc2C)o1. The maximum atomic E-state index is 12.7. The highest BCUT2D eigenvalue weighted by Gasteiger charge is 2.19. The lowest BCUT2D eigenvalue weighted by atomic mass is 10.1. The van der Waals surface area contributed by atoms with Gasteiger partial charge in [0.05, 0.1) is 23.5 Å². The van der Waals surface area contributed by atoms with Gasteiger partial charge in [-0.3, -0.25) is 9.48 Å². The molecule has 6 nitrogen and oxygen atoms in total. The van der Waals surface area contributed by atoms with Crippen molar-refractivity contribution in [3.63, 3.8) is 0 Å². The van der Waals surface area contributed by atoms with Crippen LogP contribution in [0.2, 0.25) is 5.02 Å². The summed E-state index contributed by atoms with van der Waals surface area (Å²) in [5, 5.41) is 4.74. The predicted octanol–water partition coefficient (Wildman–Crippen LogP) is 4.62. The van der Waals surface area contributed by atoms with Gasteiger partial charge in [0.15, 0.2) is 5.76 Å². The number of carbonyl (C=O) groups excluding carboxylic acids is 1. The lowest BCUT2D eigenvalue weighted by molar-refractivity contribution is 0.0745. The molecule has 0 aliphatic heterocycles. The molecule has 0 fully saturated rings. The Hall–Kier alpha value is -2.73. The van der Waals surface area contributed by atoms with Gasteiger partial charge in [-0.25, -0.2) is 0 Å². The molecule has 1 amide bonds. The summed E-state index contributed by atoms with van der Waals surface area (Å²) >= 11 is 6.19. The highest BCUT2D eigenvalue weighted by Crippen LogP contribution is 2.24. The zero-order valence-corrected chi connectivity index (χ0v) is 17.3. The standard InChI is InChI=1S/C21H24ClN3O3/c1-5-25-18(17(22)11-23-25)12-24(4)21(26)19-10-9-16(28-19)13-27-20-14(2)7-6-8-15(20)3/h6-11H,5,12-13H2,1-4H3. The van der Waals surface area contributed by atoms with Crippen molar-refractivity contribution < 1.29 is 13.9 Å². The molecule has 0 aliphatic carbocycles. The Kier molecular flexibility index (Phi) is 6.09. The highest BCUT2D eigenvalue weighted by molar-refractivity contribution is 6.31. The van der Waals surface area contributed by atoms with Gasteiger partial charge < -0.3 is 14.1 Å². The summed E-state index contributed by atoms with van der Waals surface area (Å²) < 4.78 is 13.4. The van der Waals surface area contributed by atoms with Crippen LogP contribution in [-0.4, -0.2) is 27.6 Å². The van der Waals surface area contributed by atoms with Crippen molar-refractivity contribution in [2.75, 3.05) is 7.05 Å². The molecule has 0 N–H and O–H groups in total. The predicted molar refractivity (Wildman–Crippen MR) is 108 cm³/mol. The molecule has 0 saturated carbocycles. The molecular formula is C21H24ClN3O3. The largest absolute Gasteiger partial charge is 0.485 e. The maximum absolute atomic E-state index is 12.7. The van der Waals surface area contributed by atoms with Crippen LogP contribution in [0.1, 0.15) is 40.1 Å². The summed E-state index contributed by atoms with van der Waals surface area (Å²) in [6.07, 6.45) is 1.59. The Bertz CT molecular complexity index is 957. The smallest absolute Gasteiger partial charge is 0.289 e. The van der Waals surface area contributed by atoms with E-state index in [1.165, 1.54) is 0 Å². The molecule has 0 saturated heterocycles. The molecule has 28 heavy (non-hydrogen) atoms. The van der Waals surface area contributed by atoms with E-state index in [2.05, 4.69) is 5.10 Å². The summed E-state index contributed by atoms with van der Waals surface area (Å²) in [5.41, 5.74) is 2.92. The average Bonchev–Trinajstić information content (AvgIpc) is 3.28. The zero-order valence-electron chi connectivity index (χ0n) is 16.5. The molecule has 0 spiro atoms. The number of aryl methyl sites for hydroxylation is 3. The lowest BCUT2D eigenvalue weighted by Crippen LogP contribution is -2.27. The number of rotatable bonds is 7. The van der Waals surface area contributed by atoms with E-state index < -0.39 is 0 Å². The minimum atomic E-state index is -0.224. The third-order valence-corrected chi connectivity index (χ3v) is 4.89. The van der Waals surface area contributed by atoms with Crippen LogP contribution < -0.4 is 4.74 Å². The van der Waals surface area contributed by atoms with Crippen LogP contribution in [0, 0.1) is 13.8 Å². The number of amides is 1. The van der Waals surface area contributed by atoms with Gasteiger partial charge in [0, 0.05) is 13.6 Å². The van der Waals surface area contributed by atoms with Crippen molar-refractivity contribution in [2.45, 2.75) is 40.5 Å². The molecule has 0 atom stereocenters. The Morgan fingerprint density at radius 1 is 1.25 bits per heavy atom. The number of hydrogen-bond donors (Lipinski definition) is 0. The van der Waals surface area contributed by atoms with Crippen molar-refractivity contribution in [3.8, 4) is 5.75 Å². The maximum Gasteiger partial charge on any atom is 0.289 e. The number of furan rings is 1. The van der Waals surface area contributed by atoms with Crippen LogP contribution in [-0.2, 0) is 19.7 Å². The Balaban J connectivity index is 1.65. The molecule has 3 aromatic rings. The van der Waals surface area contributed by atoms with E-state index in [-0.39, 0.29) is 18.3 Å². The van der Waals surface area contributed by atoms with Crippen molar-refractivity contribution in [3.05, 3.63) is 69.9 Å². The van der Waals surface area contributed by atoms with E-state index in [1.807, 2.05) is 39.0 Å². The van der Waals surface area contributed by atoms with Gasteiger partial charge in [0.25, 0.3) is 5.91 Å². The molecule has 2 heterocycles. The number of ether oxygens (including phenoxy) is 1. The van der Waals surface area contributed by atoms with Gasteiger partial charge >= 0.3 is 0 Å². The number of nitrogens with zero attached hydrogens (tertiary/aromatic N) is 3. The number of para-hydroxylation sites is 1. The first-order valence-corrected chi connectivity index (χ1v) is 9.51. The summed E-state index contributed by atoms with van der Waals surface area (Å²) in [6.45, 7) is 7.27. The second kappa shape index (κ2) is 8.52. The number of carbonyl (C=O) groups is 1. The monoisotopic (exact) mass is 401 g/mol. The number of halogens is 1. The quantitative estimate of drug-likeness (QED) is 0.579. The minimum absolute atomic E-state index is 0.224. The summed E-state index contributed by atoms with van der Waals surface area (Å²) in [5.74, 6) is 1.47. The number of hydrogen-bond acceptors (Lipinski definition) is 4. The molecular weight excluding hydrogens is 378 g/mol. The fourth-order valence-corrected chi connectivity index (χ4v) is 3.24. The van der Waals surface area contributed by atoms with E-state index in [0.717, 1.165) is 22.6 Å². The molecule has 3 rings (SSSR count). The first-order valence-electron chi connectivity index (χ1n) is 9.14. The van der Waals surface area contributed by atoms with E-state index in [4.69, 9.17) is 20.8 Å². The van der Waals surface area contributed by atoms with Crippen molar-refractivity contribution >= 4 is 17.5 Å². The van der Waals surface area contributed by atoms with Crippen LogP contribution in [0.15, 0.2) is 40.9 Å². The van der Waals surface area contributed by atoms with E-state index in [9.17, 15) is 4.79 Å². The van der Waals surface area contributed by atoms with Crippen LogP contribution in [0.3, 0.4) is 0 Å². The molecule has 7 heteroatoms. The Labute approximate surface area is 169 Å². The van der Waals surface area contributed by atoms with Crippen LogP contribution >= 0.6 is 11.6 Å². The first kappa shape index (κ1) is 20.0. The topological polar surface area (TPSA) is 60.5 Å². The summed E-state index contributed by atoms with van der Waals surface area (Å²) in [6, 6.07) is 9.42. The third kappa shape index (κ3) is 4.22. The highest BCUT2D eigenvalue weighted by atomic mass is 35.5. The van der Waals surface area contributed by atoms with Gasteiger partial charge in [-0.05, 0) is 44.0 Å². The summed E-state index contributed by atoms with van der Waals surface area (Å²) in [4.78, 5) is 14.3. The summed E-state index contributed by atoms with van der Waals surface area (Å²) in [7, 11) is 1.71. The van der Waals surface area contributed by atoms with E-state index in [0.29, 0.717) is 23.9 Å². The van der Waals surface area contributed by atoms with Crippen LogP contribution in [0.5, 0.6) is 5.75 Å². The second-order valence-corrected chi connectivity index (χ2v) is 7.10. The molecule has 0 bridgehead atoms. The van der Waals surface area contributed by atoms with Gasteiger partial charge in [0.2, 0.25) is 0 Å². The molecule has 148 valence electrons. The van der Waals surface area contributed by atoms with Crippen LogP contribution in [0.25, 0.3) is 0 Å². The lowest BCUT2D eigenvalue weighted by Gasteiger charge is -2.17. The third-order valence-electron chi connectivity index (χ3n) is 4.57. The number of benzene rings is 1. The fourth-order valence-electron chi connectivity index (χ4n) is 3.04. The van der Waals surface area contributed by atoms with E-state index >= 15 is 0 Å². The van der Waals surface area contributed by atoms with E-state index in [1.54, 1.807) is 35.0 Å². The molecule has 1 aromatic carbocycles. The minimum Gasteiger partial charge on any atom is -0.485 e. The van der Waals surface area contributed by atoms with Gasteiger partial charge in [-0.1, -0.05) is 29.8 Å². The molecule has 2 aromatic heterocycles. The Morgan fingerprint density at radius 2 is 1.96 bits per heavy atom. The molecule has 0 radical (unpaired) electrons. The van der Waals surface area contributed by atoms with Gasteiger partial charge in [-0.2, -0.15) is 5.10 Å². The van der Waals surface area contributed by atoms with Crippen molar-refractivity contribution in [1.29, 1.82) is 0 Å². The van der Waals surface area contributed by atoms with Crippen molar-refractivity contribution in [1.82, 2.24) is 14.7 Å². The number of aromatic nitrogens is 2. The fraction of sp³-hybridized carbons (Fsp3) is 0.333. The first-order chi connectivity index (χ1) is 13.4. The second-order valence-electron chi connectivity index (χ2n) is 6.69. The zero-order chi connectivity index (χ0) is 20.3. The van der Waals surface area contributed by atoms with Gasteiger partial charge in [-0.15, -0.1) is 0 Å². The van der Waals surface area contributed by atoms with Crippen LogP contribution in [0.4, 0.5) is 0 Å². The molecule has 0 aliphatic rings. The Morgan fingerprint density at radius 3 is 2.64 bits per heavy atom. The normalized spacial score (nSPS) is 10.9.